The SMILES string of the molecule is O=C(NC1CC1)[C@@H]1CNCCN1C(=O)CCc1c[nH]c2ccccc12. The predicted molar refractivity (Wildman–Crippen MR) is 96.2 cm³/mol. The van der Waals surface area contributed by atoms with Crippen LogP contribution in [0.3, 0.4) is 0 Å². The van der Waals surface area contributed by atoms with E-state index in [2.05, 4.69) is 21.7 Å². The molecule has 3 N–H and O–H groups in total. The van der Waals surface area contributed by atoms with Crippen LogP contribution in [0.1, 0.15) is 24.8 Å². The van der Waals surface area contributed by atoms with Crippen molar-refractivity contribution in [2.24, 2.45) is 0 Å². The van der Waals surface area contributed by atoms with Crippen molar-refractivity contribution in [3.8, 4) is 0 Å². The second kappa shape index (κ2) is 6.88. The molecule has 1 saturated carbocycles. The van der Waals surface area contributed by atoms with Gasteiger partial charge in [-0.2, -0.15) is 0 Å². The summed E-state index contributed by atoms with van der Waals surface area (Å²) in [7, 11) is 0. The Bertz CT molecular complexity index is 781. The maximum Gasteiger partial charge on any atom is 0.244 e. The van der Waals surface area contributed by atoms with Crippen LogP contribution in [0.4, 0.5) is 0 Å². The topological polar surface area (TPSA) is 77.2 Å². The molecule has 0 radical (unpaired) electrons. The van der Waals surface area contributed by atoms with Crippen molar-refractivity contribution in [2.75, 3.05) is 19.6 Å². The molecule has 0 spiro atoms. The third-order valence-electron chi connectivity index (χ3n) is 5.07. The molecule has 1 atom stereocenters. The van der Waals surface area contributed by atoms with E-state index in [0.29, 0.717) is 32.0 Å². The number of benzene rings is 1. The summed E-state index contributed by atoms with van der Waals surface area (Å²) in [6.07, 6.45) is 5.20. The summed E-state index contributed by atoms with van der Waals surface area (Å²) < 4.78 is 0. The number of piperazine rings is 1. The van der Waals surface area contributed by atoms with Crippen molar-refractivity contribution in [1.82, 2.24) is 20.5 Å². The number of rotatable bonds is 5. The molecule has 0 bridgehead atoms. The van der Waals surface area contributed by atoms with Gasteiger partial charge in [-0.3, -0.25) is 9.59 Å². The number of aromatic amines is 1. The molecule has 0 unspecified atom stereocenters. The molecule has 2 amide bonds. The van der Waals surface area contributed by atoms with Gasteiger partial charge in [0.05, 0.1) is 0 Å². The highest BCUT2D eigenvalue weighted by molar-refractivity contribution is 5.89. The standard InChI is InChI=1S/C19H24N4O2/c24-18(8-5-13-11-21-16-4-2-1-3-15(13)16)23-10-9-20-12-17(23)19(25)22-14-6-7-14/h1-4,11,14,17,20-21H,5-10,12H2,(H,22,25)/t17-/m0/s1. The van der Waals surface area contributed by atoms with Gasteiger partial charge in [0.1, 0.15) is 6.04 Å². The van der Waals surface area contributed by atoms with Gasteiger partial charge in [-0.25, -0.2) is 0 Å². The third kappa shape index (κ3) is 3.54. The summed E-state index contributed by atoms with van der Waals surface area (Å²) in [5.41, 5.74) is 2.24. The van der Waals surface area contributed by atoms with Crippen molar-refractivity contribution in [2.45, 2.75) is 37.8 Å². The summed E-state index contributed by atoms with van der Waals surface area (Å²) >= 11 is 0. The fourth-order valence-corrected chi connectivity index (χ4v) is 3.49. The number of nitrogens with one attached hydrogen (secondary N) is 3. The van der Waals surface area contributed by atoms with Crippen LogP contribution in [-0.4, -0.2) is 53.4 Å². The maximum atomic E-state index is 12.8. The number of nitrogens with zero attached hydrogens (tertiary/aromatic N) is 1. The number of aromatic nitrogens is 1. The lowest BCUT2D eigenvalue weighted by Gasteiger charge is -2.35. The van der Waals surface area contributed by atoms with E-state index < -0.39 is 0 Å². The number of aryl methyl sites for hydroxylation is 1. The first kappa shape index (κ1) is 16.1. The summed E-state index contributed by atoms with van der Waals surface area (Å²) in [5.74, 6) is 0.0397. The van der Waals surface area contributed by atoms with E-state index in [1.807, 2.05) is 24.4 Å². The normalized spacial score (nSPS) is 20.6. The highest BCUT2D eigenvalue weighted by atomic mass is 16.2. The molecular weight excluding hydrogens is 316 g/mol. The maximum absolute atomic E-state index is 12.8. The fraction of sp³-hybridized carbons (Fsp3) is 0.474. The van der Waals surface area contributed by atoms with Crippen LogP contribution >= 0.6 is 0 Å². The number of carbonyl (C=O) groups is 2. The van der Waals surface area contributed by atoms with E-state index in [1.54, 1.807) is 4.90 Å². The van der Waals surface area contributed by atoms with E-state index in [-0.39, 0.29) is 17.9 Å². The molecular formula is C19H24N4O2. The monoisotopic (exact) mass is 340 g/mol. The Kier molecular flexibility index (Phi) is 4.44. The van der Waals surface area contributed by atoms with Crippen molar-refractivity contribution >= 4 is 22.7 Å². The minimum Gasteiger partial charge on any atom is -0.361 e. The number of para-hydroxylation sites is 1. The number of fused-ring (bicyclic) bond motifs is 1. The van der Waals surface area contributed by atoms with Crippen LogP contribution in [0.5, 0.6) is 0 Å². The molecule has 1 aliphatic heterocycles. The van der Waals surface area contributed by atoms with Gasteiger partial charge in [0.15, 0.2) is 0 Å². The molecule has 2 heterocycles. The van der Waals surface area contributed by atoms with Gasteiger partial charge in [-0.15, -0.1) is 0 Å². The van der Waals surface area contributed by atoms with Crippen LogP contribution in [0.15, 0.2) is 30.5 Å². The summed E-state index contributed by atoms with van der Waals surface area (Å²) in [4.78, 5) is 30.2. The Hall–Kier alpha value is -2.34. The minimum atomic E-state index is -0.384. The summed E-state index contributed by atoms with van der Waals surface area (Å²) in [5, 5.41) is 7.42. The first-order valence-corrected chi connectivity index (χ1v) is 9.08. The van der Waals surface area contributed by atoms with E-state index in [1.165, 1.54) is 5.39 Å². The lowest BCUT2D eigenvalue weighted by atomic mass is 10.1. The van der Waals surface area contributed by atoms with E-state index >= 15 is 0 Å². The second-order valence-corrected chi connectivity index (χ2v) is 6.95. The zero-order valence-electron chi connectivity index (χ0n) is 14.3. The van der Waals surface area contributed by atoms with Crippen molar-refractivity contribution in [1.29, 1.82) is 0 Å². The summed E-state index contributed by atoms with van der Waals surface area (Å²) in [6, 6.07) is 8.05. The lowest BCUT2D eigenvalue weighted by Crippen LogP contribution is -2.59. The Morgan fingerprint density at radius 1 is 1.24 bits per heavy atom. The van der Waals surface area contributed by atoms with Crippen molar-refractivity contribution < 1.29 is 9.59 Å². The second-order valence-electron chi connectivity index (χ2n) is 6.95. The molecule has 132 valence electrons. The number of hydrogen-bond acceptors (Lipinski definition) is 3. The van der Waals surface area contributed by atoms with E-state index in [4.69, 9.17) is 0 Å². The van der Waals surface area contributed by atoms with Crippen LogP contribution in [-0.2, 0) is 16.0 Å². The van der Waals surface area contributed by atoms with Crippen molar-refractivity contribution in [3.63, 3.8) is 0 Å². The number of H-pyrrole nitrogens is 1. The zero-order valence-corrected chi connectivity index (χ0v) is 14.3. The van der Waals surface area contributed by atoms with Crippen LogP contribution in [0, 0.1) is 0 Å². The molecule has 6 nitrogen and oxygen atoms in total. The molecule has 1 aromatic heterocycles. The molecule has 1 aromatic carbocycles. The summed E-state index contributed by atoms with van der Waals surface area (Å²) in [6.45, 7) is 1.87. The van der Waals surface area contributed by atoms with Gasteiger partial charge in [0, 0.05) is 49.2 Å². The minimum absolute atomic E-state index is 0.0184. The smallest absolute Gasteiger partial charge is 0.244 e. The molecule has 6 heteroatoms. The molecule has 1 aliphatic carbocycles. The zero-order chi connectivity index (χ0) is 17.2. The molecule has 25 heavy (non-hydrogen) atoms. The van der Waals surface area contributed by atoms with Crippen LogP contribution in [0.25, 0.3) is 10.9 Å². The first-order chi connectivity index (χ1) is 12.2. The fourth-order valence-electron chi connectivity index (χ4n) is 3.49. The molecule has 4 rings (SSSR count). The number of carbonyl (C=O) groups excluding carboxylic acids is 2. The lowest BCUT2D eigenvalue weighted by molar-refractivity contribution is -0.141. The number of hydrogen-bond donors (Lipinski definition) is 3. The van der Waals surface area contributed by atoms with E-state index in [0.717, 1.165) is 30.5 Å². The molecule has 2 aliphatic rings. The quantitative estimate of drug-likeness (QED) is 0.765. The van der Waals surface area contributed by atoms with Crippen LogP contribution < -0.4 is 10.6 Å². The number of amides is 2. The average Bonchev–Trinajstić information content (AvgIpc) is 3.36. The van der Waals surface area contributed by atoms with Gasteiger partial charge in [0.25, 0.3) is 0 Å². The van der Waals surface area contributed by atoms with Crippen LogP contribution in [0.2, 0.25) is 0 Å². The van der Waals surface area contributed by atoms with E-state index in [9.17, 15) is 9.59 Å². The Balaban J connectivity index is 1.40. The van der Waals surface area contributed by atoms with Gasteiger partial charge in [0.2, 0.25) is 11.8 Å². The molecule has 2 fully saturated rings. The Labute approximate surface area is 147 Å². The van der Waals surface area contributed by atoms with Gasteiger partial charge < -0.3 is 20.5 Å². The van der Waals surface area contributed by atoms with Gasteiger partial charge in [-0.1, -0.05) is 18.2 Å². The van der Waals surface area contributed by atoms with Gasteiger partial charge in [-0.05, 0) is 30.9 Å². The predicted octanol–water partition coefficient (Wildman–Crippen LogP) is 1.18. The Morgan fingerprint density at radius 2 is 2.08 bits per heavy atom. The third-order valence-corrected chi connectivity index (χ3v) is 5.07. The Morgan fingerprint density at radius 3 is 2.92 bits per heavy atom. The van der Waals surface area contributed by atoms with Crippen molar-refractivity contribution in [3.05, 3.63) is 36.0 Å². The average molecular weight is 340 g/mol. The molecule has 2 aromatic rings. The highest BCUT2D eigenvalue weighted by Gasteiger charge is 2.34. The highest BCUT2D eigenvalue weighted by Crippen LogP contribution is 2.21. The first-order valence-electron chi connectivity index (χ1n) is 9.08. The largest absolute Gasteiger partial charge is 0.361 e. The van der Waals surface area contributed by atoms with Gasteiger partial charge >= 0.3 is 0 Å². The molecule has 1 saturated heterocycles.